The molecule has 0 spiro atoms. The summed E-state index contributed by atoms with van der Waals surface area (Å²) in [6.07, 6.45) is 4.64. The summed E-state index contributed by atoms with van der Waals surface area (Å²) in [6.45, 7) is 2.57. The fraction of sp³-hybridized carbons (Fsp3) is 0.526. The number of aromatic nitrogens is 3. The smallest absolute Gasteiger partial charge is 0.233 e. The third-order valence-corrected chi connectivity index (χ3v) is 6.42. The van der Waals surface area contributed by atoms with Gasteiger partial charge in [-0.25, -0.2) is 0 Å². The van der Waals surface area contributed by atoms with Crippen LogP contribution in [0.2, 0.25) is 5.02 Å². The van der Waals surface area contributed by atoms with E-state index in [1.807, 2.05) is 29.2 Å². The minimum absolute atomic E-state index is 0.128. The van der Waals surface area contributed by atoms with Crippen molar-refractivity contribution in [3.05, 3.63) is 29.3 Å². The van der Waals surface area contributed by atoms with E-state index in [9.17, 15) is 4.79 Å². The summed E-state index contributed by atoms with van der Waals surface area (Å²) in [4.78, 5) is 14.4. The Balaban J connectivity index is 1.57. The quantitative estimate of drug-likeness (QED) is 0.709. The van der Waals surface area contributed by atoms with Crippen molar-refractivity contribution in [1.29, 1.82) is 0 Å². The average Bonchev–Trinajstić information content (AvgIpc) is 3.36. The summed E-state index contributed by atoms with van der Waals surface area (Å²) in [5, 5.41) is 10.3. The molecular weight excluding hydrogens is 384 g/mol. The van der Waals surface area contributed by atoms with E-state index in [1.54, 1.807) is 0 Å². The van der Waals surface area contributed by atoms with Gasteiger partial charge < -0.3 is 9.64 Å². The maximum Gasteiger partial charge on any atom is 0.233 e. The number of hydrogen-bond acceptors (Lipinski definition) is 5. The van der Waals surface area contributed by atoms with Gasteiger partial charge in [0, 0.05) is 24.7 Å². The van der Waals surface area contributed by atoms with E-state index in [1.165, 1.54) is 24.6 Å². The number of amides is 1. The largest absolute Gasteiger partial charge is 0.378 e. The first kappa shape index (κ1) is 18.8. The van der Waals surface area contributed by atoms with Gasteiger partial charge in [-0.05, 0) is 25.0 Å². The molecule has 2 heterocycles. The highest BCUT2D eigenvalue weighted by Gasteiger charge is 2.26. The standard InChI is InChI=1S/C19H23ClN4O2S/c20-16-8-4-3-7-15(16)18-21-22-19(24(18)14-5-1-2-6-14)27-13-17(25)23-9-11-26-12-10-23/h3-4,7-8,14H,1-2,5-6,9-13H2. The average molecular weight is 407 g/mol. The first-order valence-electron chi connectivity index (χ1n) is 9.42. The summed E-state index contributed by atoms with van der Waals surface area (Å²) in [5.41, 5.74) is 0.893. The Labute approximate surface area is 168 Å². The number of benzene rings is 1. The van der Waals surface area contributed by atoms with Crippen LogP contribution >= 0.6 is 23.4 Å². The third kappa shape index (κ3) is 4.15. The SMILES string of the molecule is O=C(CSc1nnc(-c2ccccc2Cl)n1C1CCCC1)N1CCOCC1. The van der Waals surface area contributed by atoms with Crippen LogP contribution in [0.15, 0.2) is 29.4 Å². The molecule has 2 aromatic rings. The number of rotatable bonds is 5. The van der Waals surface area contributed by atoms with Crippen LogP contribution in [0.3, 0.4) is 0 Å². The lowest BCUT2D eigenvalue weighted by Crippen LogP contribution is -2.41. The summed E-state index contributed by atoms with van der Waals surface area (Å²) in [6, 6.07) is 8.10. The molecule has 1 aliphatic heterocycles. The van der Waals surface area contributed by atoms with Gasteiger partial charge >= 0.3 is 0 Å². The van der Waals surface area contributed by atoms with Gasteiger partial charge in [0.05, 0.1) is 24.0 Å². The van der Waals surface area contributed by atoms with E-state index in [-0.39, 0.29) is 5.91 Å². The van der Waals surface area contributed by atoms with Crippen LogP contribution in [0.1, 0.15) is 31.7 Å². The molecule has 1 saturated heterocycles. The van der Waals surface area contributed by atoms with Crippen molar-refractivity contribution >= 4 is 29.3 Å². The molecule has 0 radical (unpaired) electrons. The van der Waals surface area contributed by atoms with Crippen molar-refractivity contribution < 1.29 is 9.53 Å². The van der Waals surface area contributed by atoms with Crippen molar-refractivity contribution in [1.82, 2.24) is 19.7 Å². The van der Waals surface area contributed by atoms with Gasteiger partial charge in [-0.2, -0.15) is 0 Å². The second-order valence-electron chi connectivity index (χ2n) is 6.88. The van der Waals surface area contributed by atoms with Crippen LogP contribution in [0.5, 0.6) is 0 Å². The fourth-order valence-electron chi connectivity index (χ4n) is 3.72. The van der Waals surface area contributed by atoms with Gasteiger partial charge in [-0.1, -0.05) is 48.3 Å². The highest BCUT2D eigenvalue weighted by Crippen LogP contribution is 2.38. The van der Waals surface area contributed by atoms with E-state index in [0.29, 0.717) is 43.1 Å². The van der Waals surface area contributed by atoms with Gasteiger partial charge in [0.2, 0.25) is 5.91 Å². The van der Waals surface area contributed by atoms with Crippen LogP contribution in [-0.2, 0) is 9.53 Å². The molecule has 8 heteroatoms. The molecule has 2 aliphatic rings. The second-order valence-corrected chi connectivity index (χ2v) is 8.23. The normalized spacial score (nSPS) is 18.2. The van der Waals surface area contributed by atoms with Gasteiger partial charge in [-0.3, -0.25) is 9.36 Å². The number of carbonyl (C=O) groups is 1. The topological polar surface area (TPSA) is 60.2 Å². The first-order chi connectivity index (χ1) is 13.2. The number of ether oxygens (including phenoxy) is 1. The summed E-state index contributed by atoms with van der Waals surface area (Å²) >= 11 is 7.89. The maximum atomic E-state index is 12.5. The summed E-state index contributed by atoms with van der Waals surface area (Å²) in [5.74, 6) is 1.30. The molecule has 0 atom stereocenters. The van der Waals surface area contributed by atoms with Crippen LogP contribution in [0.4, 0.5) is 0 Å². The van der Waals surface area contributed by atoms with Crippen LogP contribution in [-0.4, -0.2) is 57.6 Å². The number of nitrogens with zero attached hydrogens (tertiary/aromatic N) is 4. The monoisotopic (exact) mass is 406 g/mol. The van der Waals surface area contributed by atoms with Crippen molar-refractivity contribution in [2.24, 2.45) is 0 Å². The molecule has 1 aromatic heterocycles. The molecule has 27 heavy (non-hydrogen) atoms. The predicted molar refractivity (Wildman–Crippen MR) is 106 cm³/mol. The van der Waals surface area contributed by atoms with Crippen LogP contribution in [0, 0.1) is 0 Å². The summed E-state index contributed by atoms with van der Waals surface area (Å²) in [7, 11) is 0. The Kier molecular flexibility index (Phi) is 6.00. The predicted octanol–water partition coefficient (Wildman–Crippen LogP) is 3.66. The van der Waals surface area contributed by atoms with Crippen LogP contribution < -0.4 is 0 Å². The minimum Gasteiger partial charge on any atom is -0.378 e. The number of hydrogen-bond donors (Lipinski definition) is 0. The highest BCUT2D eigenvalue weighted by molar-refractivity contribution is 7.99. The molecule has 6 nitrogen and oxygen atoms in total. The number of carbonyl (C=O) groups excluding carboxylic acids is 1. The lowest BCUT2D eigenvalue weighted by atomic mass is 10.2. The third-order valence-electron chi connectivity index (χ3n) is 5.16. The zero-order valence-electron chi connectivity index (χ0n) is 15.1. The number of thioether (sulfide) groups is 1. The van der Waals surface area contributed by atoms with Crippen LogP contribution in [0.25, 0.3) is 11.4 Å². The highest BCUT2D eigenvalue weighted by atomic mass is 35.5. The van der Waals surface area contributed by atoms with E-state index in [2.05, 4.69) is 14.8 Å². The molecule has 1 aliphatic carbocycles. The molecule has 0 N–H and O–H groups in total. The van der Waals surface area contributed by atoms with Gasteiger partial charge in [0.15, 0.2) is 11.0 Å². The molecule has 1 saturated carbocycles. The zero-order valence-corrected chi connectivity index (χ0v) is 16.7. The molecule has 2 fully saturated rings. The van der Waals surface area contributed by atoms with Crippen molar-refractivity contribution in [2.75, 3.05) is 32.1 Å². The molecule has 0 unspecified atom stereocenters. The van der Waals surface area contributed by atoms with Crippen molar-refractivity contribution in [3.8, 4) is 11.4 Å². The molecule has 4 rings (SSSR count). The van der Waals surface area contributed by atoms with E-state index in [0.717, 1.165) is 29.4 Å². The Morgan fingerprint density at radius 1 is 1.19 bits per heavy atom. The molecule has 0 bridgehead atoms. The molecular formula is C19H23ClN4O2S. The lowest BCUT2D eigenvalue weighted by molar-refractivity contribution is -0.132. The van der Waals surface area contributed by atoms with Gasteiger partial charge in [0.1, 0.15) is 0 Å². The van der Waals surface area contributed by atoms with E-state index >= 15 is 0 Å². The van der Waals surface area contributed by atoms with Crippen molar-refractivity contribution in [2.45, 2.75) is 36.9 Å². The number of halogens is 1. The zero-order chi connectivity index (χ0) is 18.6. The Bertz CT molecular complexity index is 801. The first-order valence-corrected chi connectivity index (χ1v) is 10.8. The maximum absolute atomic E-state index is 12.5. The van der Waals surface area contributed by atoms with Gasteiger partial charge in [0.25, 0.3) is 0 Å². The number of morpholine rings is 1. The molecule has 1 aromatic carbocycles. The Morgan fingerprint density at radius 3 is 2.67 bits per heavy atom. The fourth-order valence-corrected chi connectivity index (χ4v) is 4.85. The molecule has 1 amide bonds. The summed E-state index contributed by atoms with van der Waals surface area (Å²) < 4.78 is 7.52. The molecule has 144 valence electrons. The van der Waals surface area contributed by atoms with E-state index < -0.39 is 0 Å². The van der Waals surface area contributed by atoms with Gasteiger partial charge in [-0.15, -0.1) is 10.2 Å². The Hall–Kier alpha value is -1.57. The lowest BCUT2D eigenvalue weighted by Gasteiger charge is -2.26. The minimum atomic E-state index is 0.128. The Morgan fingerprint density at radius 2 is 1.93 bits per heavy atom. The van der Waals surface area contributed by atoms with Crippen molar-refractivity contribution in [3.63, 3.8) is 0 Å². The second kappa shape index (κ2) is 8.63. The van der Waals surface area contributed by atoms with E-state index in [4.69, 9.17) is 16.3 Å².